The standard InChI is InChI=1S/C15H16N2O3/c1-16-12(18)9-17-13(19)8-15(14(17)20)7-6-10-4-2-3-5-11(10)15/h2-5H,6-9H2,1H3,(H,16,18). The normalized spacial score (nSPS) is 24.4. The first-order valence-electron chi connectivity index (χ1n) is 6.72. The fraction of sp³-hybridized carbons (Fsp3) is 0.400. The van der Waals surface area contributed by atoms with Gasteiger partial charge in [0.05, 0.1) is 5.41 Å². The van der Waals surface area contributed by atoms with Crippen LogP contribution in [0.1, 0.15) is 24.0 Å². The Labute approximate surface area is 116 Å². The van der Waals surface area contributed by atoms with E-state index in [1.54, 1.807) is 0 Å². The Morgan fingerprint density at radius 2 is 2.10 bits per heavy atom. The van der Waals surface area contributed by atoms with Gasteiger partial charge in [-0.25, -0.2) is 0 Å². The molecule has 0 saturated carbocycles. The second-order valence-corrected chi connectivity index (χ2v) is 5.37. The van der Waals surface area contributed by atoms with Gasteiger partial charge >= 0.3 is 0 Å². The topological polar surface area (TPSA) is 66.5 Å². The van der Waals surface area contributed by atoms with Crippen molar-refractivity contribution < 1.29 is 14.4 Å². The number of fused-ring (bicyclic) bond motifs is 2. The van der Waals surface area contributed by atoms with Crippen molar-refractivity contribution in [3.63, 3.8) is 0 Å². The van der Waals surface area contributed by atoms with Gasteiger partial charge in [-0.2, -0.15) is 0 Å². The number of likely N-dealkylation sites (tertiary alicyclic amines) is 1. The van der Waals surface area contributed by atoms with Crippen molar-refractivity contribution in [2.24, 2.45) is 0 Å². The van der Waals surface area contributed by atoms with Crippen molar-refractivity contribution in [1.29, 1.82) is 0 Å². The molecule has 104 valence electrons. The molecule has 20 heavy (non-hydrogen) atoms. The molecule has 2 aliphatic rings. The fourth-order valence-electron chi connectivity index (χ4n) is 3.28. The lowest BCUT2D eigenvalue weighted by atomic mass is 9.80. The Kier molecular flexibility index (Phi) is 2.85. The number of benzene rings is 1. The molecule has 3 rings (SSSR count). The maximum Gasteiger partial charge on any atom is 0.240 e. The van der Waals surface area contributed by atoms with Gasteiger partial charge in [0.15, 0.2) is 0 Å². The zero-order valence-corrected chi connectivity index (χ0v) is 11.3. The van der Waals surface area contributed by atoms with Crippen LogP contribution < -0.4 is 5.32 Å². The summed E-state index contributed by atoms with van der Waals surface area (Å²) in [4.78, 5) is 37.4. The Balaban J connectivity index is 1.96. The molecule has 5 nitrogen and oxygen atoms in total. The van der Waals surface area contributed by atoms with Crippen molar-refractivity contribution in [3.05, 3.63) is 35.4 Å². The van der Waals surface area contributed by atoms with E-state index in [1.807, 2.05) is 24.3 Å². The average Bonchev–Trinajstić information content (AvgIpc) is 2.94. The molecule has 3 amide bonds. The maximum absolute atomic E-state index is 12.7. The van der Waals surface area contributed by atoms with Crippen molar-refractivity contribution >= 4 is 17.7 Å². The van der Waals surface area contributed by atoms with Crippen LogP contribution in [-0.4, -0.2) is 36.2 Å². The summed E-state index contributed by atoms with van der Waals surface area (Å²) in [5, 5.41) is 2.45. The predicted molar refractivity (Wildman–Crippen MR) is 71.8 cm³/mol. The zero-order chi connectivity index (χ0) is 14.3. The van der Waals surface area contributed by atoms with Gasteiger partial charge in [-0.05, 0) is 24.0 Å². The third-order valence-electron chi connectivity index (χ3n) is 4.34. The molecule has 1 heterocycles. The number of aryl methyl sites for hydroxylation is 1. The highest BCUT2D eigenvalue weighted by atomic mass is 16.2. The van der Waals surface area contributed by atoms with E-state index in [2.05, 4.69) is 5.32 Å². The van der Waals surface area contributed by atoms with E-state index in [0.29, 0.717) is 6.42 Å². The summed E-state index contributed by atoms with van der Waals surface area (Å²) < 4.78 is 0. The Morgan fingerprint density at radius 3 is 2.85 bits per heavy atom. The maximum atomic E-state index is 12.7. The van der Waals surface area contributed by atoms with Crippen molar-refractivity contribution in [2.75, 3.05) is 13.6 Å². The van der Waals surface area contributed by atoms with Gasteiger partial charge in [-0.15, -0.1) is 0 Å². The lowest BCUT2D eigenvalue weighted by Crippen LogP contribution is -2.42. The van der Waals surface area contributed by atoms with Gasteiger partial charge in [0.25, 0.3) is 0 Å². The third-order valence-corrected chi connectivity index (χ3v) is 4.34. The van der Waals surface area contributed by atoms with Crippen LogP contribution in [0.4, 0.5) is 0 Å². The lowest BCUT2D eigenvalue weighted by Gasteiger charge is -2.22. The number of carbonyl (C=O) groups excluding carboxylic acids is 3. The van der Waals surface area contributed by atoms with Gasteiger partial charge in [0.2, 0.25) is 17.7 Å². The van der Waals surface area contributed by atoms with Crippen molar-refractivity contribution in [1.82, 2.24) is 10.2 Å². The SMILES string of the molecule is CNC(=O)CN1C(=O)CC2(CCc3ccccc32)C1=O. The number of imide groups is 1. The van der Waals surface area contributed by atoms with Crippen LogP contribution in [0.2, 0.25) is 0 Å². The molecule has 1 aromatic carbocycles. The first-order valence-corrected chi connectivity index (χ1v) is 6.72. The summed E-state index contributed by atoms with van der Waals surface area (Å²) in [5.41, 5.74) is 1.36. The third kappa shape index (κ3) is 1.66. The number of hydrogen-bond acceptors (Lipinski definition) is 3. The average molecular weight is 272 g/mol. The van der Waals surface area contributed by atoms with E-state index in [4.69, 9.17) is 0 Å². The van der Waals surface area contributed by atoms with E-state index < -0.39 is 5.41 Å². The molecular formula is C15H16N2O3. The highest BCUT2D eigenvalue weighted by Crippen LogP contribution is 2.46. The molecule has 1 fully saturated rings. The molecule has 1 unspecified atom stereocenters. The van der Waals surface area contributed by atoms with E-state index >= 15 is 0 Å². The molecule has 0 bridgehead atoms. The molecule has 0 radical (unpaired) electrons. The summed E-state index contributed by atoms with van der Waals surface area (Å²) in [7, 11) is 1.49. The summed E-state index contributed by atoms with van der Waals surface area (Å²) >= 11 is 0. The second kappa shape index (κ2) is 4.44. The molecule has 5 heteroatoms. The van der Waals surface area contributed by atoms with Gasteiger partial charge in [0, 0.05) is 13.5 Å². The first kappa shape index (κ1) is 12.8. The molecule has 1 N–H and O–H groups in total. The smallest absolute Gasteiger partial charge is 0.240 e. The summed E-state index contributed by atoms with van der Waals surface area (Å²) in [6.07, 6.45) is 1.64. The summed E-state index contributed by atoms with van der Waals surface area (Å²) in [5.74, 6) is -0.804. The van der Waals surface area contributed by atoms with Crippen LogP contribution in [0.5, 0.6) is 0 Å². The molecule has 1 spiro atoms. The van der Waals surface area contributed by atoms with Crippen molar-refractivity contribution in [2.45, 2.75) is 24.7 Å². The Hall–Kier alpha value is -2.17. The van der Waals surface area contributed by atoms with Crippen LogP contribution in [0, 0.1) is 0 Å². The van der Waals surface area contributed by atoms with Crippen LogP contribution in [0.15, 0.2) is 24.3 Å². The quantitative estimate of drug-likeness (QED) is 0.791. The highest BCUT2D eigenvalue weighted by Gasteiger charge is 2.55. The molecular weight excluding hydrogens is 256 g/mol. The number of amides is 3. The van der Waals surface area contributed by atoms with Crippen LogP contribution in [-0.2, 0) is 26.2 Å². The van der Waals surface area contributed by atoms with Crippen LogP contribution in [0.25, 0.3) is 0 Å². The van der Waals surface area contributed by atoms with Gasteiger partial charge < -0.3 is 5.32 Å². The van der Waals surface area contributed by atoms with Gasteiger partial charge in [0.1, 0.15) is 6.54 Å². The first-order chi connectivity index (χ1) is 9.58. The van der Waals surface area contributed by atoms with Gasteiger partial charge in [-0.1, -0.05) is 24.3 Å². The van der Waals surface area contributed by atoms with Crippen molar-refractivity contribution in [3.8, 4) is 0 Å². The van der Waals surface area contributed by atoms with E-state index in [9.17, 15) is 14.4 Å². The van der Waals surface area contributed by atoms with Crippen LogP contribution >= 0.6 is 0 Å². The number of rotatable bonds is 2. The number of nitrogens with one attached hydrogen (secondary N) is 1. The molecule has 1 aliphatic heterocycles. The molecule has 0 aromatic heterocycles. The fourth-order valence-corrected chi connectivity index (χ4v) is 3.28. The molecule has 1 saturated heterocycles. The number of likely N-dealkylation sites (N-methyl/N-ethyl adjacent to an activating group) is 1. The number of carbonyl (C=O) groups is 3. The lowest BCUT2D eigenvalue weighted by molar-refractivity contribution is -0.143. The monoisotopic (exact) mass is 272 g/mol. The second-order valence-electron chi connectivity index (χ2n) is 5.37. The largest absolute Gasteiger partial charge is 0.358 e. The summed E-state index contributed by atoms with van der Waals surface area (Å²) in [6.45, 7) is -0.182. The minimum Gasteiger partial charge on any atom is -0.358 e. The Morgan fingerprint density at radius 1 is 1.35 bits per heavy atom. The zero-order valence-electron chi connectivity index (χ0n) is 11.3. The summed E-state index contributed by atoms with van der Waals surface area (Å²) in [6, 6.07) is 7.77. The van der Waals surface area contributed by atoms with E-state index in [1.165, 1.54) is 7.05 Å². The predicted octanol–water partition coefficient (Wildman–Crippen LogP) is 0.375. The van der Waals surface area contributed by atoms with E-state index in [0.717, 1.165) is 22.4 Å². The minimum atomic E-state index is -0.734. The molecule has 1 aromatic rings. The molecule has 1 atom stereocenters. The van der Waals surface area contributed by atoms with Gasteiger partial charge in [-0.3, -0.25) is 19.3 Å². The molecule has 1 aliphatic carbocycles. The van der Waals surface area contributed by atoms with E-state index in [-0.39, 0.29) is 30.7 Å². The highest BCUT2D eigenvalue weighted by molar-refractivity contribution is 6.11. The minimum absolute atomic E-state index is 0.180. The number of nitrogens with zero attached hydrogens (tertiary/aromatic N) is 1. The number of hydrogen-bond donors (Lipinski definition) is 1. The van der Waals surface area contributed by atoms with Crippen LogP contribution in [0.3, 0.4) is 0 Å². The Bertz CT molecular complexity index is 611.